The van der Waals surface area contributed by atoms with Crippen LogP contribution in [0.2, 0.25) is 0 Å². The number of methoxy groups -OCH3 is 1. The standard InChI is InChI=1S/C15H21NO3/c1-19-14-10-6-5-7-11(14)15(18)16-12-8-3-2-4-9-13(12)17/h5-7,10,12-13,17H,2-4,8-9H2,1H3,(H,16,18). The fourth-order valence-electron chi connectivity index (χ4n) is 2.53. The Morgan fingerprint density at radius 3 is 2.79 bits per heavy atom. The Morgan fingerprint density at radius 2 is 2.00 bits per heavy atom. The molecule has 1 aliphatic carbocycles. The summed E-state index contributed by atoms with van der Waals surface area (Å²) in [7, 11) is 1.55. The van der Waals surface area contributed by atoms with Crippen molar-refractivity contribution >= 4 is 5.91 Å². The number of aliphatic hydroxyl groups is 1. The van der Waals surface area contributed by atoms with Gasteiger partial charge >= 0.3 is 0 Å². The molecular formula is C15H21NO3. The maximum absolute atomic E-state index is 12.2. The monoisotopic (exact) mass is 263 g/mol. The van der Waals surface area contributed by atoms with Crippen molar-refractivity contribution in [1.82, 2.24) is 5.32 Å². The van der Waals surface area contributed by atoms with Crippen LogP contribution in [0.3, 0.4) is 0 Å². The lowest BCUT2D eigenvalue weighted by molar-refractivity contribution is 0.0816. The van der Waals surface area contributed by atoms with Gasteiger partial charge < -0.3 is 15.2 Å². The Morgan fingerprint density at radius 1 is 1.26 bits per heavy atom. The molecule has 19 heavy (non-hydrogen) atoms. The Hall–Kier alpha value is -1.55. The van der Waals surface area contributed by atoms with Crippen molar-refractivity contribution < 1.29 is 14.6 Å². The Bertz CT molecular complexity index is 433. The van der Waals surface area contributed by atoms with Gasteiger partial charge in [-0.15, -0.1) is 0 Å². The number of para-hydroxylation sites is 1. The van der Waals surface area contributed by atoms with E-state index in [1.807, 2.05) is 6.07 Å². The highest BCUT2D eigenvalue weighted by atomic mass is 16.5. The summed E-state index contributed by atoms with van der Waals surface area (Å²) in [5, 5.41) is 13.0. The van der Waals surface area contributed by atoms with Crippen molar-refractivity contribution in [3.8, 4) is 5.75 Å². The van der Waals surface area contributed by atoms with Gasteiger partial charge in [-0.3, -0.25) is 4.79 Å². The lowest BCUT2D eigenvalue weighted by Gasteiger charge is -2.22. The van der Waals surface area contributed by atoms with Gasteiger partial charge in [0.15, 0.2) is 0 Å². The number of carbonyl (C=O) groups excluding carboxylic acids is 1. The van der Waals surface area contributed by atoms with Crippen LogP contribution in [0.15, 0.2) is 24.3 Å². The molecule has 0 spiro atoms. The summed E-state index contributed by atoms with van der Waals surface area (Å²) in [4.78, 5) is 12.2. The lowest BCUT2D eigenvalue weighted by atomic mass is 10.1. The minimum atomic E-state index is -0.443. The summed E-state index contributed by atoms with van der Waals surface area (Å²) in [6, 6.07) is 6.98. The average Bonchev–Trinajstić information content (AvgIpc) is 2.64. The van der Waals surface area contributed by atoms with Crippen LogP contribution in [0, 0.1) is 0 Å². The number of hydrogen-bond donors (Lipinski definition) is 2. The van der Waals surface area contributed by atoms with Gasteiger partial charge in [0, 0.05) is 0 Å². The fraction of sp³-hybridized carbons (Fsp3) is 0.533. The zero-order valence-electron chi connectivity index (χ0n) is 11.3. The summed E-state index contributed by atoms with van der Waals surface area (Å²) < 4.78 is 5.18. The maximum atomic E-state index is 12.2. The van der Waals surface area contributed by atoms with E-state index in [1.54, 1.807) is 25.3 Å². The Balaban J connectivity index is 2.07. The van der Waals surface area contributed by atoms with Gasteiger partial charge in [0.2, 0.25) is 0 Å². The van der Waals surface area contributed by atoms with E-state index in [9.17, 15) is 9.90 Å². The second kappa shape index (κ2) is 6.57. The minimum Gasteiger partial charge on any atom is -0.496 e. The van der Waals surface area contributed by atoms with Gasteiger partial charge in [0.1, 0.15) is 5.75 Å². The van der Waals surface area contributed by atoms with Crippen LogP contribution in [-0.4, -0.2) is 30.3 Å². The smallest absolute Gasteiger partial charge is 0.255 e. The van der Waals surface area contributed by atoms with E-state index in [4.69, 9.17) is 4.74 Å². The predicted octanol–water partition coefficient (Wildman–Crippen LogP) is 2.12. The quantitative estimate of drug-likeness (QED) is 0.821. The van der Waals surface area contributed by atoms with Crippen molar-refractivity contribution in [2.75, 3.05) is 7.11 Å². The zero-order valence-corrected chi connectivity index (χ0v) is 11.3. The highest BCUT2D eigenvalue weighted by Gasteiger charge is 2.24. The number of nitrogens with one attached hydrogen (secondary N) is 1. The highest BCUT2D eigenvalue weighted by Crippen LogP contribution is 2.21. The first kappa shape index (κ1) is 13.9. The maximum Gasteiger partial charge on any atom is 0.255 e. The summed E-state index contributed by atoms with van der Waals surface area (Å²) in [5.41, 5.74) is 0.515. The van der Waals surface area contributed by atoms with Crippen molar-refractivity contribution in [3.05, 3.63) is 29.8 Å². The van der Waals surface area contributed by atoms with Crippen LogP contribution < -0.4 is 10.1 Å². The molecule has 0 saturated heterocycles. The molecule has 0 aliphatic heterocycles. The molecule has 0 heterocycles. The molecular weight excluding hydrogens is 242 g/mol. The van der Waals surface area contributed by atoms with Crippen LogP contribution in [0.4, 0.5) is 0 Å². The number of benzene rings is 1. The lowest BCUT2D eigenvalue weighted by Crippen LogP contribution is -2.42. The van der Waals surface area contributed by atoms with Crippen molar-refractivity contribution in [2.45, 2.75) is 44.2 Å². The molecule has 1 fully saturated rings. The Kier molecular flexibility index (Phi) is 4.80. The number of amides is 1. The van der Waals surface area contributed by atoms with E-state index >= 15 is 0 Å². The molecule has 0 bridgehead atoms. The van der Waals surface area contributed by atoms with E-state index in [0.717, 1.165) is 32.1 Å². The Labute approximate surface area is 113 Å². The molecule has 104 valence electrons. The molecule has 1 amide bonds. The highest BCUT2D eigenvalue weighted by molar-refractivity contribution is 5.97. The van der Waals surface area contributed by atoms with Gasteiger partial charge in [0.25, 0.3) is 5.91 Å². The number of aliphatic hydroxyl groups excluding tert-OH is 1. The summed E-state index contributed by atoms with van der Waals surface area (Å²) >= 11 is 0. The molecule has 4 heteroatoms. The van der Waals surface area contributed by atoms with Gasteiger partial charge in [-0.25, -0.2) is 0 Å². The van der Waals surface area contributed by atoms with Crippen molar-refractivity contribution in [2.24, 2.45) is 0 Å². The van der Waals surface area contributed by atoms with Crippen LogP contribution in [-0.2, 0) is 0 Å². The van der Waals surface area contributed by atoms with Crippen molar-refractivity contribution in [1.29, 1.82) is 0 Å². The predicted molar refractivity (Wildman–Crippen MR) is 73.3 cm³/mol. The molecule has 4 nitrogen and oxygen atoms in total. The molecule has 1 aromatic carbocycles. The number of ether oxygens (including phenoxy) is 1. The number of rotatable bonds is 3. The molecule has 1 aromatic rings. The third-order valence-corrected chi connectivity index (χ3v) is 3.65. The first-order chi connectivity index (χ1) is 9.22. The molecule has 0 radical (unpaired) electrons. The molecule has 2 atom stereocenters. The molecule has 0 aromatic heterocycles. The van der Waals surface area contributed by atoms with Gasteiger partial charge in [-0.2, -0.15) is 0 Å². The van der Waals surface area contributed by atoms with Crippen LogP contribution in [0.25, 0.3) is 0 Å². The molecule has 2 unspecified atom stereocenters. The summed E-state index contributed by atoms with van der Waals surface area (Å²) in [5.74, 6) is 0.381. The van der Waals surface area contributed by atoms with Crippen LogP contribution in [0.5, 0.6) is 5.75 Å². The van der Waals surface area contributed by atoms with Gasteiger partial charge in [0.05, 0.1) is 24.8 Å². The molecule has 1 aliphatic rings. The van der Waals surface area contributed by atoms with E-state index in [-0.39, 0.29) is 11.9 Å². The molecule has 1 saturated carbocycles. The fourth-order valence-corrected chi connectivity index (χ4v) is 2.53. The van der Waals surface area contributed by atoms with E-state index in [1.165, 1.54) is 0 Å². The second-order valence-corrected chi connectivity index (χ2v) is 4.99. The van der Waals surface area contributed by atoms with E-state index in [2.05, 4.69) is 5.32 Å². The topological polar surface area (TPSA) is 58.6 Å². The third kappa shape index (κ3) is 3.47. The van der Waals surface area contributed by atoms with Crippen LogP contribution in [0.1, 0.15) is 42.5 Å². The average molecular weight is 263 g/mol. The van der Waals surface area contributed by atoms with Gasteiger partial charge in [-0.1, -0.05) is 31.4 Å². The first-order valence-corrected chi connectivity index (χ1v) is 6.84. The molecule has 2 N–H and O–H groups in total. The van der Waals surface area contributed by atoms with E-state index < -0.39 is 6.10 Å². The number of hydrogen-bond acceptors (Lipinski definition) is 3. The van der Waals surface area contributed by atoms with Crippen LogP contribution >= 0.6 is 0 Å². The van der Waals surface area contributed by atoms with Crippen molar-refractivity contribution in [3.63, 3.8) is 0 Å². The SMILES string of the molecule is COc1ccccc1C(=O)NC1CCCCCC1O. The van der Waals surface area contributed by atoms with Gasteiger partial charge in [-0.05, 0) is 25.0 Å². The minimum absolute atomic E-state index is 0.153. The third-order valence-electron chi connectivity index (χ3n) is 3.65. The largest absolute Gasteiger partial charge is 0.496 e. The summed E-state index contributed by atoms with van der Waals surface area (Å²) in [6.07, 6.45) is 4.36. The second-order valence-electron chi connectivity index (χ2n) is 4.99. The normalized spacial score (nSPS) is 23.5. The zero-order chi connectivity index (χ0) is 13.7. The first-order valence-electron chi connectivity index (χ1n) is 6.84. The summed E-state index contributed by atoms with van der Waals surface area (Å²) in [6.45, 7) is 0. The molecule has 2 rings (SSSR count). The number of carbonyl (C=O) groups is 1. The van der Waals surface area contributed by atoms with E-state index in [0.29, 0.717) is 11.3 Å².